The number of furan rings is 1. The minimum Gasteiger partial charge on any atom is -0.497 e. The summed E-state index contributed by atoms with van der Waals surface area (Å²) in [5.74, 6) is 1.04. The molecule has 0 aliphatic rings. The van der Waals surface area contributed by atoms with Crippen molar-refractivity contribution in [2.75, 3.05) is 25.5 Å². The molecule has 1 amide bonds. The fraction of sp³-hybridized carbons (Fsp3) is 0.200. The van der Waals surface area contributed by atoms with Crippen molar-refractivity contribution in [3.05, 3.63) is 48.4 Å². The number of hydrogen-bond donors (Lipinski definition) is 3. The summed E-state index contributed by atoms with van der Waals surface area (Å²) in [6.07, 6.45) is 1.45. The number of guanidine groups is 1. The normalized spacial score (nSPS) is 11.0. The molecule has 2 aromatic rings. The number of anilines is 1. The van der Waals surface area contributed by atoms with Gasteiger partial charge in [-0.3, -0.25) is 9.79 Å². The second-order valence-corrected chi connectivity index (χ2v) is 4.35. The van der Waals surface area contributed by atoms with Crippen molar-refractivity contribution in [1.29, 1.82) is 0 Å². The van der Waals surface area contributed by atoms with Crippen LogP contribution in [0, 0.1) is 0 Å². The molecule has 2 rings (SSSR count). The van der Waals surface area contributed by atoms with Gasteiger partial charge < -0.3 is 25.5 Å². The van der Waals surface area contributed by atoms with E-state index in [0.717, 1.165) is 11.4 Å². The summed E-state index contributed by atoms with van der Waals surface area (Å²) >= 11 is 0. The molecule has 0 saturated carbocycles. The third-order valence-corrected chi connectivity index (χ3v) is 2.79. The maximum Gasteiger partial charge on any atom is 0.287 e. The quantitative estimate of drug-likeness (QED) is 0.426. The zero-order valence-electron chi connectivity index (χ0n) is 12.2. The number of carbonyl (C=O) groups excluding carboxylic acids is 1. The van der Waals surface area contributed by atoms with Gasteiger partial charge >= 0.3 is 0 Å². The molecule has 7 nitrogen and oxygen atoms in total. The zero-order valence-corrected chi connectivity index (χ0v) is 12.2. The standard InChI is InChI=1S/C15H18N4O3/c1-21-12-6-4-11(5-7-12)19-15(16)18-9-8-17-14(20)13-3-2-10-22-13/h2-7,10H,8-9H2,1H3,(H,17,20)(H3,16,18,19). The fourth-order valence-electron chi connectivity index (χ4n) is 1.70. The molecule has 7 heteroatoms. The lowest BCUT2D eigenvalue weighted by molar-refractivity contribution is 0.0927. The van der Waals surface area contributed by atoms with Gasteiger partial charge in [-0.05, 0) is 36.4 Å². The topological polar surface area (TPSA) is 102 Å². The predicted octanol–water partition coefficient (Wildman–Crippen LogP) is 1.44. The fourth-order valence-corrected chi connectivity index (χ4v) is 1.70. The van der Waals surface area contributed by atoms with E-state index >= 15 is 0 Å². The Kier molecular flexibility index (Phi) is 5.42. The summed E-state index contributed by atoms with van der Waals surface area (Å²) in [6, 6.07) is 10.6. The number of benzene rings is 1. The molecular formula is C15H18N4O3. The maximum absolute atomic E-state index is 11.6. The van der Waals surface area contributed by atoms with Gasteiger partial charge in [-0.15, -0.1) is 0 Å². The average Bonchev–Trinajstić information content (AvgIpc) is 3.06. The number of methoxy groups -OCH3 is 1. The van der Waals surface area contributed by atoms with Crippen LogP contribution in [0.15, 0.2) is 52.1 Å². The minimum atomic E-state index is -0.276. The average molecular weight is 302 g/mol. The Morgan fingerprint density at radius 3 is 2.73 bits per heavy atom. The monoisotopic (exact) mass is 302 g/mol. The van der Waals surface area contributed by atoms with Gasteiger partial charge in [-0.1, -0.05) is 0 Å². The van der Waals surface area contributed by atoms with Crippen LogP contribution >= 0.6 is 0 Å². The molecule has 0 unspecified atom stereocenters. The predicted molar refractivity (Wildman–Crippen MR) is 84.1 cm³/mol. The largest absolute Gasteiger partial charge is 0.497 e. The zero-order chi connectivity index (χ0) is 15.8. The number of carbonyl (C=O) groups is 1. The second-order valence-electron chi connectivity index (χ2n) is 4.35. The van der Waals surface area contributed by atoms with Crippen molar-refractivity contribution >= 4 is 17.6 Å². The molecule has 0 fully saturated rings. The summed E-state index contributed by atoms with van der Waals surface area (Å²) in [4.78, 5) is 15.7. The van der Waals surface area contributed by atoms with Gasteiger partial charge in [0.1, 0.15) is 5.75 Å². The highest BCUT2D eigenvalue weighted by molar-refractivity contribution is 5.92. The Morgan fingerprint density at radius 2 is 2.09 bits per heavy atom. The lowest BCUT2D eigenvalue weighted by Gasteiger charge is -2.07. The first kappa shape index (κ1) is 15.4. The van der Waals surface area contributed by atoms with Crippen LogP contribution in [0.3, 0.4) is 0 Å². The number of nitrogens with one attached hydrogen (secondary N) is 2. The van der Waals surface area contributed by atoms with E-state index in [4.69, 9.17) is 14.9 Å². The van der Waals surface area contributed by atoms with Crippen molar-refractivity contribution in [2.24, 2.45) is 10.7 Å². The smallest absolute Gasteiger partial charge is 0.287 e. The van der Waals surface area contributed by atoms with Crippen LogP contribution in [0.25, 0.3) is 0 Å². The van der Waals surface area contributed by atoms with Crippen molar-refractivity contribution in [3.8, 4) is 5.75 Å². The third kappa shape index (κ3) is 4.55. The van der Waals surface area contributed by atoms with Crippen LogP contribution in [0.2, 0.25) is 0 Å². The molecule has 0 aliphatic carbocycles. The van der Waals surface area contributed by atoms with E-state index in [1.165, 1.54) is 6.26 Å². The SMILES string of the molecule is COc1ccc(NC(N)=NCCNC(=O)c2ccco2)cc1. The van der Waals surface area contributed by atoms with Crippen molar-refractivity contribution in [3.63, 3.8) is 0 Å². The molecule has 0 aliphatic heterocycles. The van der Waals surface area contributed by atoms with Crippen molar-refractivity contribution < 1.29 is 13.9 Å². The highest BCUT2D eigenvalue weighted by Gasteiger charge is 2.06. The lowest BCUT2D eigenvalue weighted by Crippen LogP contribution is -2.28. The molecule has 1 heterocycles. The molecule has 1 aromatic heterocycles. The molecular weight excluding hydrogens is 284 g/mol. The lowest BCUT2D eigenvalue weighted by atomic mass is 10.3. The molecule has 0 spiro atoms. The summed E-state index contributed by atoms with van der Waals surface area (Å²) in [6.45, 7) is 0.728. The first-order valence-corrected chi connectivity index (χ1v) is 6.72. The first-order valence-electron chi connectivity index (χ1n) is 6.72. The van der Waals surface area contributed by atoms with E-state index < -0.39 is 0 Å². The number of ether oxygens (including phenoxy) is 1. The first-order chi connectivity index (χ1) is 10.7. The molecule has 0 bridgehead atoms. The van der Waals surface area contributed by atoms with E-state index in [-0.39, 0.29) is 17.6 Å². The molecule has 22 heavy (non-hydrogen) atoms. The van der Waals surface area contributed by atoms with Gasteiger partial charge in [0.25, 0.3) is 5.91 Å². The summed E-state index contributed by atoms with van der Waals surface area (Å²) in [5.41, 5.74) is 6.57. The van der Waals surface area contributed by atoms with E-state index in [9.17, 15) is 4.79 Å². The maximum atomic E-state index is 11.6. The third-order valence-electron chi connectivity index (χ3n) is 2.79. The van der Waals surface area contributed by atoms with Crippen LogP contribution in [0.1, 0.15) is 10.6 Å². The summed E-state index contributed by atoms with van der Waals surface area (Å²) in [5, 5.41) is 5.63. The van der Waals surface area contributed by atoms with Crippen LogP contribution < -0.4 is 21.1 Å². The number of amides is 1. The van der Waals surface area contributed by atoms with Crippen LogP contribution in [0.4, 0.5) is 5.69 Å². The molecule has 0 radical (unpaired) electrons. The van der Waals surface area contributed by atoms with Gasteiger partial charge in [0.15, 0.2) is 11.7 Å². The van der Waals surface area contributed by atoms with Gasteiger partial charge in [-0.25, -0.2) is 0 Å². The molecule has 1 aromatic carbocycles. The Hall–Kier alpha value is -2.96. The number of nitrogens with zero attached hydrogens (tertiary/aromatic N) is 1. The van der Waals surface area contributed by atoms with E-state index in [1.807, 2.05) is 24.3 Å². The highest BCUT2D eigenvalue weighted by atomic mass is 16.5. The summed E-state index contributed by atoms with van der Waals surface area (Å²) in [7, 11) is 1.61. The minimum absolute atomic E-state index is 0.272. The van der Waals surface area contributed by atoms with Crippen LogP contribution in [0.5, 0.6) is 5.75 Å². The Labute approximate surface area is 128 Å². The van der Waals surface area contributed by atoms with Gasteiger partial charge in [0, 0.05) is 12.2 Å². The van der Waals surface area contributed by atoms with Crippen LogP contribution in [-0.4, -0.2) is 32.1 Å². The van der Waals surface area contributed by atoms with E-state index in [0.29, 0.717) is 13.1 Å². The molecule has 0 atom stereocenters. The van der Waals surface area contributed by atoms with Gasteiger partial charge in [0.2, 0.25) is 0 Å². The van der Waals surface area contributed by atoms with E-state index in [1.54, 1.807) is 19.2 Å². The molecule has 0 saturated heterocycles. The number of nitrogens with two attached hydrogens (primary N) is 1. The van der Waals surface area contributed by atoms with Gasteiger partial charge in [-0.2, -0.15) is 0 Å². The molecule has 116 valence electrons. The molecule has 4 N–H and O–H groups in total. The number of aliphatic imine (C=N–C) groups is 1. The van der Waals surface area contributed by atoms with Gasteiger partial charge in [0.05, 0.1) is 19.9 Å². The van der Waals surface area contributed by atoms with Crippen molar-refractivity contribution in [1.82, 2.24) is 5.32 Å². The van der Waals surface area contributed by atoms with Crippen LogP contribution in [-0.2, 0) is 0 Å². The summed E-state index contributed by atoms with van der Waals surface area (Å²) < 4.78 is 10.0. The Bertz CT molecular complexity index is 621. The number of hydrogen-bond acceptors (Lipinski definition) is 4. The van der Waals surface area contributed by atoms with E-state index in [2.05, 4.69) is 15.6 Å². The second kappa shape index (κ2) is 7.72. The Morgan fingerprint density at radius 1 is 1.32 bits per heavy atom. The highest BCUT2D eigenvalue weighted by Crippen LogP contribution is 2.14. The Balaban J connectivity index is 1.74. The van der Waals surface area contributed by atoms with Crippen molar-refractivity contribution in [2.45, 2.75) is 0 Å². The number of rotatable bonds is 6.